The number of amides is 2. The molecule has 2 aliphatic rings. The molecule has 0 aliphatic carbocycles. The molecule has 0 spiro atoms. The second kappa shape index (κ2) is 7.61. The number of carbonyl (C=O) groups is 2. The molecule has 2 heterocycles. The molecule has 3 aromatic carbocycles. The van der Waals surface area contributed by atoms with E-state index in [2.05, 4.69) is 0 Å². The Morgan fingerprint density at radius 3 is 2.18 bits per heavy atom. The third kappa shape index (κ3) is 3.24. The van der Waals surface area contributed by atoms with Crippen molar-refractivity contribution in [1.82, 2.24) is 0 Å². The van der Waals surface area contributed by atoms with E-state index < -0.39 is 34.8 Å². The summed E-state index contributed by atoms with van der Waals surface area (Å²) >= 11 is 0. The summed E-state index contributed by atoms with van der Waals surface area (Å²) in [6.45, 7) is 0. The molecule has 0 unspecified atom stereocenters. The van der Waals surface area contributed by atoms with Crippen molar-refractivity contribution in [2.24, 2.45) is 5.92 Å². The molecule has 0 radical (unpaired) electrons. The number of hydrogen-bond donors (Lipinski definition) is 2. The summed E-state index contributed by atoms with van der Waals surface area (Å²) in [5, 5.41) is 32.2. The zero-order valence-electron chi connectivity index (χ0n) is 16.9. The van der Waals surface area contributed by atoms with Crippen molar-refractivity contribution in [2.45, 2.75) is 12.1 Å². The van der Waals surface area contributed by atoms with Gasteiger partial charge < -0.3 is 10.2 Å². The Morgan fingerprint density at radius 1 is 0.848 bits per heavy atom. The molecule has 2 aliphatic heterocycles. The van der Waals surface area contributed by atoms with Crippen molar-refractivity contribution in [2.75, 3.05) is 9.96 Å². The number of aromatic hydroxyl groups is 2. The van der Waals surface area contributed by atoms with E-state index in [4.69, 9.17) is 4.84 Å². The van der Waals surface area contributed by atoms with Crippen LogP contribution in [0.25, 0.3) is 0 Å². The van der Waals surface area contributed by atoms with Gasteiger partial charge in [0.2, 0.25) is 5.91 Å². The van der Waals surface area contributed by atoms with Crippen LogP contribution in [0.4, 0.5) is 17.1 Å². The quantitative estimate of drug-likeness (QED) is 0.270. The molecule has 2 fully saturated rings. The van der Waals surface area contributed by atoms with Gasteiger partial charge in [0.15, 0.2) is 17.6 Å². The van der Waals surface area contributed by atoms with Crippen LogP contribution < -0.4 is 9.96 Å². The maximum absolute atomic E-state index is 13.5. The third-order valence-electron chi connectivity index (χ3n) is 5.79. The molecule has 0 saturated carbocycles. The Balaban J connectivity index is 1.57. The van der Waals surface area contributed by atoms with Crippen LogP contribution in [0.3, 0.4) is 0 Å². The lowest BCUT2D eigenvalue weighted by molar-refractivity contribution is -0.384. The van der Waals surface area contributed by atoms with Crippen LogP contribution in [0.2, 0.25) is 0 Å². The number of para-hydroxylation sites is 1. The average molecular weight is 447 g/mol. The minimum Gasteiger partial charge on any atom is -0.504 e. The summed E-state index contributed by atoms with van der Waals surface area (Å²) in [7, 11) is 0. The molecule has 3 atom stereocenters. The molecule has 0 bridgehead atoms. The number of nitro groups is 1. The fourth-order valence-electron chi connectivity index (χ4n) is 4.25. The summed E-state index contributed by atoms with van der Waals surface area (Å²) in [6.07, 6.45) is -1.13. The van der Waals surface area contributed by atoms with Gasteiger partial charge in [0.05, 0.1) is 22.3 Å². The van der Waals surface area contributed by atoms with Gasteiger partial charge in [-0.2, -0.15) is 0 Å². The summed E-state index contributed by atoms with van der Waals surface area (Å²) in [6, 6.07) is 17.4. The Morgan fingerprint density at radius 2 is 1.55 bits per heavy atom. The molecular formula is C23H17N3O7. The van der Waals surface area contributed by atoms with Crippen LogP contribution >= 0.6 is 0 Å². The smallest absolute Gasteiger partial charge is 0.269 e. The van der Waals surface area contributed by atoms with Crippen LogP contribution in [-0.4, -0.2) is 33.1 Å². The lowest BCUT2D eigenvalue weighted by atomic mass is 9.90. The lowest BCUT2D eigenvalue weighted by Crippen LogP contribution is -2.37. The topological polar surface area (TPSA) is 133 Å². The molecule has 5 rings (SSSR count). The zero-order chi connectivity index (χ0) is 23.3. The third-order valence-corrected chi connectivity index (χ3v) is 5.79. The second-order valence-electron chi connectivity index (χ2n) is 7.69. The highest BCUT2D eigenvalue weighted by Crippen LogP contribution is 2.48. The molecule has 10 heteroatoms. The molecule has 33 heavy (non-hydrogen) atoms. The molecule has 2 N–H and O–H groups in total. The van der Waals surface area contributed by atoms with Crippen LogP contribution in [0.1, 0.15) is 11.6 Å². The molecular weight excluding hydrogens is 430 g/mol. The largest absolute Gasteiger partial charge is 0.504 e. The zero-order valence-corrected chi connectivity index (χ0v) is 16.9. The summed E-state index contributed by atoms with van der Waals surface area (Å²) in [5.41, 5.74) is 1.11. The highest BCUT2D eigenvalue weighted by atomic mass is 16.7. The van der Waals surface area contributed by atoms with Gasteiger partial charge in [0, 0.05) is 12.1 Å². The van der Waals surface area contributed by atoms with Gasteiger partial charge in [0.25, 0.3) is 11.6 Å². The Bertz CT molecular complexity index is 1260. The van der Waals surface area contributed by atoms with Gasteiger partial charge in [-0.15, -0.1) is 0 Å². The number of nitrogens with zero attached hydrogens (tertiary/aromatic N) is 3. The van der Waals surface area contributed by atoms with Crippen molar-refractivity contribution < 1.29 is 29.6 Å². The summed E-state index contributed by atoms with van der Waals surface area (Å²) in [4.78, 5) is 44.0. The van der Waals surface area contributed by atoms with Gasteiger partial charge in [-0.3, -0.25) is 24.5 Å². The number of anilines is 2. The van der Waals surface area contributed by atoms with Crippen LogP contribution in [0.15, 0.2) is 72.8 Å². The Kier molecular flexibility index (Phi) is 4.72. The number of carbonyl (C=O) groups excluding carboxylic acids is 2. The molecule has 2 amide bonds. The average Bonchev–Trinajstić information content (AvgIpc) is 3.32. The number of non-ortho nitro benzene ring substituents is 1. The monoisotopic (exact) mass is 447 g/mol. The fourth-order valence-corrected chi connectivity index (χ4v) is 4.25. The highest BCUT2D eigenvalue weighted by molar-refractivity contribution is 6.24. The van der Waals surface area contributed by atoms with Crippen molar-refractivity contribution >= 4 is 28.9 Å². The van der Waals surface area contributed by atoms with Gasteiger partial charge >= 0.3 is 0 Å². The SMILES string of the molecule is O=C1[C@@H]2[C@H](ON(c3ccccc3)[C@@H]2c2ccc(O)c(O)c2)C(=O)N1c1ccc([N+](=O)[O-])cc1. The van der Waals surface area contributed by atoms with Crippen molar-refractivity contribution in [3.63, 3.8) is 0 Å². The van der Waals surface area contributed by atoms with Crippen molar-refractivity contribution in [1.29, 1.82) is 0 Å². The van der Waals surface area contributed by atoms with E-state index in [1.807, 2.05) is 6.07 Å². The minimum atomic E-state index is -1.13. The van der Waals surface area contributed by atoms with Gasteiger partial charge in [-0.1, -0.05) is 24.3 Å². The number of nitro benzene ring substituents is 1. The molecule has 0 aromatic heterocycles. The maximum Gasteiger partial charge on any atom is 0.269 e. The van der Waals surface area contributed by atoms with Crippen molar-refractivity contribution in [3.8, 4) is 11.5 Å². The number of phenols is 2. The van der Waals surface area contributed by atoms with Gasteiger partial charge in [0.1, 0.15) is 5.92 Å². The summed E-state index contributed by atoms with van der Waals surface area (Å²) in [5.74, 6) is -2.76. The van der Waals surface area contributed by atoms with Crippen LogP contribution in [0.5, 0.6) is 11.5 Å². The first-order valence-corrected chi connectivity index (χ1v) is 10.0. The summed E-state index contributed by atoms with van der Waals surface area (Å²) < 4.78 is 0. The number of rotatable bonds is 4. The van der Waals surface area contributed by atoms with E-state index in [9.17, 15) is 29.9 Å². The minimum absolute atomic E-state index is 0.165. The number of imide groups is 1. The van der Waals surface area contributed by atoms with Gasteiger partial charge in [-0.05, 0) is 42.0 Å². The fraction of sp³-hybridized carbons (Fsp3) is 0.130. The van der Waals surface area contributed by atoms with E-state index in [1.54, 1.807) is 30.3 Å². The first kappa shape index (κ1) is 20.5. The van der Waals surface area contributed by atoms with E-state index in [0.717, 1.165) is 4.90 Å². The number of hydroxylamine groups is 1. The van der Waals surface area contributed by atoms with E-state index in [1.165, 1.54) is 41.5 Å². The number of fused-ring (bicyclic) bond motifs is 1. The maximum atomic E-state index is 13.5. The first-order valence-electron chi connectivity index (χ1n) is 10.0. The molecule has 166 valence electrons. The predicted octanol–water partition coefficient (Wildman–Crippen LogP) is 3.06. The first-order chi connectivity index (χ1) is 15.9. The van der Waals surface area contributed by atoms with Crippen LogP contribution in [-0.2, 0) is 14.4 Å². The van der Waals surface area contributed by atoms with E-state index in [-0.39, 0.29) is 22.9 Å². The molecule has 2 saturated heterocycles. The number of hydrogen-bond acceptors (Lipinski definition) is 8. The van der Waals surface area contributed by atoms with E-state index in [0.29, 0.717) is 11.3 Å². The van der Waals surface area contributed by atoms with Crippen molar-refractivity contribution in [3.05, 3.63) is 88.5 Å². The molecule has 3 aromatic rings. The lowest BCUT2D eigenvalue weighted by Gasteiger charge is -2.28. The molecule has 10 nitrogen and oxygen atoms in total. The van der Waals surface area contributed by atoms with Gasteiger partial charge in [-0.25, -0.2) is 9.96 Å². The number of phenolic OH excluding ortho intramolecular Hbond substituents is 2. The predicted molar refractivity (Wildman–Crippen MR) is 115 cm³/mol. The standard InChI is InChI=1S/C23H17N3O7/c27-17-11-6-13(12-18(17)28)20-19-21(33-25(20)15-4-2-1-3-5-15)23(30)24(22(19)29)14-7-9-16(10-8-14)26(31)32/h1-12,19-21,27-28H/t19-,20+,21-/m0/s1. The van der Waals surface area contributed by atoms with E-state index >= 15 is 0 Å². The normalized spacial score (nSPS) is 22.0. The number of benzene rings is 3. The second-order valence-corrected chi connectivity index (χ2v) is 7.69. The van der Waals surface area contributed by atoms with Crippen LogP contribution in [0, 0.1) is 16.0 Å². The highest BCUT2D eigenvalue weighted by Gasteiger charge is 2.60. The Labute approximate surface area is 187 Å². The Hall–Kier alpha value is -4.44.